The van der Waals surface area contributed by atoms with Gasteiger partial charge in [0.05, 0.1) is 6.21 Å². The molecule has 0 aliphatic rings. The molecule has 0 atom stereocenters. The van der Waals surface area contributed by atoms with Gasteiger partial charge in [-0.3, -0.25) is 10.2 Å². The first-order valence-corrected chi connectivity index (χ1v) is 10.1. The molecule has 0 aliphatic heterocycles. The van der Waals surface area contributed by atoms with Crippen LogP contribution in [0.1, 0.15) is 12.5 Å². The van der Waals surface area contributed by atoms with Crippen molar-refractivity contribution < 1.29 is 4.79 Å². The van der Waals surface area contributed by atoms with Crippen LogP contribution in [0.5, 0.6) is 0 Å². The van der Waals surface area contributed by atoms with Gasteiger partial charge in [-0.05, 0) is 22.9 Å². The number of rotatable bonds is 5. The number of carbonyl (C=O) groups excluding carboxylic acids is 1. The molecule has 4 rings (SSSR count). The van der Waals surface area contributed by atoms with Crippen LogP contribution >= 0.6 is 22.9 Å². The van der Waals surface area contributed by atoms with Crippen LogP contribution in [0.2, 0.25) is 5.02 Å². The summed E-state index contributed by atoms with van der Waals surface area (Å²) in [5.74, 6) is -0.158. The van der Waals surface area contributed by atoms with Crippen LogP contribution in [0, 0.1) is 0 Å². The Balaban J connectivity index is 1.60. The number of hydrogen-bond donors (Lipinski definition) is 2. The van der Waals surface area contributed by atoms with Gasteiger partial charge in [-0.25, -0.2) is 4.98 Å². The number of nitrogens with one attached hydrogen (secondary N) is 2. The average molecular weight is 421 g/mol. The standard InChI is InChI=1S/C22H17ClN4OS/c1-14(28)25-21-20(16-9-11-18(23)12-10-16)26-22(29-21)27-24-13-17-7-4-6-15-5-2-3-8-19(15)17/h2-13H,1H3,(H,25,28)(H,26,27)/b24-13+. The lowest BCUT2D eigenvalue weighted by Crippen LogP contribution is -2.05. The third-order valence-corrected chi connectivity index (χ3v) is 5.35. The Labute approximate surface area is 177 Å². The van der Waals surface area contributed by atoms with Crippen LogP contribution < -0.4 is 10.7 Å². The number of hydrogen-bond acceptors (Lipinski definition) is 5. The van der Waals surface area contributed by atoms with Crippen LogP contribution in [0.25, 0.3) is 22.0 Å². The quantitative estimate of drug-likeness (QED) is 0.306. The summed E-state index contributed by atoms with van der Waals surface area (Å²) in [6.45, 7) is 1.47. The second-order valence-corrected chi connectivity index (χ2v) is 7.76. The SMILES string of the molecule is CC(=O)Nc1sc(N/N=C/c2cccc3ccccc23)nc1-c1ccc(Cl)cc1. The Morgan fingerprint density at radius 1 is 1.07 bits per heavy atom. The number of anilines is 2. The molecule has 1 heterocycles. The highest BCUT2D eigenvalue weighted by Crippen LogP contribution is 2.36. The van der Waals surface area contributed by atoms with E-state index in [1.165, 1.54) is 18.3 Å². The molecule has 0 aliphatic carbocycles. The molecule has 0 saturated heterocycles. The summed E-state index contributed by atoms with van der Waals surface area (Å²) in [4.78, 5) is 16.2. The molecule has 0 spiro atoms. The second kappa shape index (κ2) is 8.43. The van der Waals surface area contributed by atoms with E-state index in [0.29, 0.717) is 20.8 Å². The van der Waals surface area contributed by atoms with Crippen molar-refractivity contribution in [2.75, 3.05) is 10.7 Å². The van der Waals surface area contributed by atoms with E-state index in [1.54, 1.807) is 18.3 Å². The van der Waals surface area contributed by atoms with E-state index in [1.807, 2.05) is 36.4 Å². The Kier molecular flexibility index (Phi) is 5.55. The van der Waals surface area contributed by atoms with Crippen molar-refractivity contribution in [3.8, 4) is 11.3 Å². The summed E-state index contributed by atoms with van der Waals surface area (Å²) < 4.78 is 0. The number of benzene rings is 3. The second-order valence-electron chi connectivity index (χ2n) is 6.32. The van der Waals surface area contributed by atoms with Crippen molar-refractivity contribution in [2.24, 2.45) is 5.10 Å². The van der Waals surface area contributed by atoms with E-state index in [-0.39, 0.29) is 5.91 Å². The molecule has 1 amide bonds. The van der Waals surface area contributed by atoms with Crippen molar-refractivity contribution in [2.45, 2.75) is 6.92 Å². The molecule has 4 aromatic rings. The molecular weight excluding hydrogens is 404 g/mol. The first-order chi connectivity index (χ1) is 14.1. The summed E-state index contributed by atoms with van der Waals surface area (Å²) in [5, 5.41) is 11.3. The highest BCUT2D eigenvalue weighted by atomic mass is 35.5. The van der Waals surface area contributed by atoms with Gasteiger partial charge in [-0.1, -0.05) is 77.5 Å². The summed E-state index contributed by atoms with van der Waals surface area (Å²) in [6, 6.07) is 21.5. The van der Waals surface area contributed by atoms with E-state index < -0.39 is 0 Å². The van der Waals surface area contributed by atoms with Crippen molar-refractivity contribution >= 4 is 56.0 Å². The maximum atomic E-state index is 11.6. The third kappa shape index (κ3) is 4.45. The Morgan fingerprint density at radius 2 is 1.83 bits per heavy atom. The van der Waals surface area contributed by atoms with Gasteiger partial charge < -0.3 is 5.32 Å². The van der Waals surface area contributed by atoms with Crippen LogP contribution in [0.3, 0.4) is 0 Å². The van der Waals surface area contributed by atoms with E-state index in [4.69, 9.17) is 11.6 Å². The fourth-order valence-electron chi connectivity index (χ4n) is 2.94. The minimum atomic E-state index is -0.158. The van der Waals surface area contributed by atoms with E-state index in [0.717, 1.165) is 21.9 Å². The summed E-state index contributed by atoms with van der Waals surface area (Å²) in [5.41, 5.74) is 5.51. The van der Waals surface area contributed by atoms with Gasteiger partial charge >= 0.3 is 0 Å². The van der Waals surface area contributed by atoms with Crippen molar-refractivity contribution in [1.82, 2.24) is 4.98 Å². The van der Waals surface area contributed by atoms with Crippen LogP contribution in [-0.4, -0.2) is 17.1 Å². The number of aromatic nitrogens is 1. The molecule has 29 heavy (non-hydrogen) atoms. The van der Waals surface area contributed by atoms with Gasteiger partial charge in [-0.2, -0.15) is 5.10 Å². The summed E-state index contributed by atoms with van der Waals surface area (Å²) >= 11 is 7.30. The van der Waals surface area contributed by atoms with Gasteiger partial charge in [0.15, 0.2) is 0 Å². The average Bonchev–Trinajstić information content (AvgIpc) is 3.10. The maximum Gasteiger partial charge on any atom is 0.221 e. The zero-order valence-corrected chi connectivity index (χ0v) is 17.1. The molecule has 144 valence electrons. The van der Waals surface area contributed by atoms with Gasteiger partial charge in [0.1, 0.15) is 10.7 Å². The fourth-order valence-corrected chi connectivity index (χ4v) is 3.95. The molecule has 0 unspecified atom stereocenters. The molecule has 7 heteroatoms. The molecule has 5 nitrogen and oxygen atoms in total. The highest BCUT2D eigenvalue weighted by molar-refractivity contribution is 7.20. The number of nitrogens with zero attached hydrogens (tertiary/aromatic N) is 2. The first-order valence-electron chi connectivity index (χ1n) is 8.91. The van der Waals surface area contributed by atoms with Crippen LogP contribution in [0.4, 0.5) is 10.1 Å². The monoisotopic (exact) mass is 420 g/mol. The van der Waals surface area contributed by atoms with E-state index in [2.05, 4.69) is 39.0 Å². The minimum Gasteiger partial charge on any atom is -0.316 e. The normalized spacial score (nSPS) is 11.1. The molecule has 1 aromatic heterocycles. The molecule has 0 saturated carbocycles. The van der Waals surface area contributed by atoms with Crippen molar-refractivity contribution in [3.63, 3.8) is 0 Å². The molecule has 0 radical (unpaired) electrons. The minimum absolute atomic E-state index is 0.158. The predicted octanol–water partition coefficient (Wildman–Crippen LogP) is 6.02. The van der Waals surface area contributed by atoms with Gasteiger partial charge in [0.2, 0.25) is 11.0 Å². The Morgan fingerprint density at radius 3 is 2.62 bits per heavy atom. The lowest BCUT2D eigenvalue weighted by Gasteiger charge is -2.02. The molecule has 0 bridgehead atoms. The number of carbonyl (C=O) groups is 1. The first kappa shape index (κ1) is 19.1. The topological polar surface area (TPSA) is 66.4 Å². The zero-order valence-electron chi connectivity index (χ0n) is 15.5. The number of halogens is 1. The number of amides is 1. The lowest BCUT2D eigenvalue weighted by atomic mass is 10.1. The zero-order chi connectivity index (χ0) is 20.2. The fraction of sp³-hybridized carbons (Fsp3) is 0.0455. The molecular formula is C22H17ClN4OS. The largest absolute Gasteiger partial charge is 0.316 e. The summed E-state index contributed by atoms with van der Waals surface area (Å²) in [6.07, 6.45) is 1.77. The molecule has 2 N–H and O–H groups in total. The summed E-state index contributed by atoms with van der Waals surface area (Å²) in [7, 11) is 0. The van der Waals surface area contributed by atoms with Gasteiger partial charge in [0.25, 0.3) is 0 Å². The smallest absolute Gasteiger partial charge is 0.221 e. The highest BCUT2D eigenvalue weighted by Gasteiger charge is 2.14. The van der Waals surface area contributed by atoms with Crippen molar-refractivity contribution in [1.29, 1.82) is 0 Å². The van der Waals surface area contributed by atoms with Gasteiger partial charge in [0, 0.05) is 23.1 Å². The molecule has 0 fully saturated rings. The Hall–Kier alpha value is -3.22. The number of fused-ring (bicyclic) bond motifs is 1. The van der Waals surface area contributed by atoms with Crippen LogP contribution in [0.15, 0.2) is 71.8 Å². The lowest BCUT2D eigenvalue weighted by molar-refractivity contribution is -0.114. The van der Waals surface area contributed by atoms with E-state index >= 15 is 0 Å². The van der Waals surface area contributed by atoms with E-state index in [9.17, 15) is 4.79 Å². The maximum absolute atomic E-state index is 11.6. The Bertz CT molecular complexity index is 1200. The van der Waals surface area contributed by atoms with Gasteiger partial charge in [-0.15, -0.1) is 0 Å². The number of thiazole rings is 1. The predicted molar refractivity (Wildman–Crippen MR) is 122 cm³/mol. The van der Waals surface area contributed by atoms with Crippen molar-refractivity contribution in [3.05, 3.63) is 77.3 Å². The number of hydrazone groups is 1. The molecule has 3 aromatic carbocycles. The third-order valence-electron chi connectivity index (χ3n) is 4.22. The van der Waals surface area contributed by atoms with Crippen LogP contribution in [-0.2, 0) is 4.79 Å².